The summed E-state index contributed by atoms with van der Waals surface area (Å²) in [6, 6.07) is 6.12. The topological polar surface area (TPSA) is 179 Å². The average molecular weight is 667 g/mol. The molecule has 47 heavy (non-hydrogen) atoms. The number of nitrogens with zero attached hydrogens (tertiary/aromatic N) is 2. The van der Waals surface area contributed by atoms with Gasteiger partial charge >= 0.3 is 5.69 Å². The quantitative estimate of drug-likeness (QED) is 0.353. The second-order valence-corrected chi connectivity index (χ2v) is 11.9. The number of aromatic nitrogens is 2. The first-order valence-corrected chi connectivity index (χ1v) is 14.8. The van der Waals surface area contributed by atoms with E-state index in [1.54, 1.807) is 19.1 Å². The number of anilines is 1. The number of primary amides is 1. The molecular formula is C32H31ClN4O10. The van der Waals surface area contributed by atoms with E-state index >= 15 is 4.79 Å². The number of allylic oxidation sites excluding steroid dienone is 1. The van der Waals surface area contributed by atoms with Crippen molar-refractivity contribution in [2.45, 2.75) is 24.9 Å². The molecule has 0 bridgehead atoms. The van der Waals surface area contributed by atoms with Crippen molar-refractivity contribution in [1.29, 1.82) is 0 Å². The number of benzene rings is 2. The summed E-state index contributed by atoms with van der Waals surface area (Å²) in [4.78, 5) is 67.7. The molecule has 14 nitrogen and oxygen atoms in total. The Morgan fingerprint density at radius 2 is 1.68 bits per heavy atom. The van der Waals surface area contributed by atoms with Gasteiger partial charge in [0.15, 0.2) is 23.9 Å². The first kappa shape index (κ1) is 31.7. The second kappa shape index (κ2) is 11.2. The Hall–Kier alpha value is -5.24. The molecule has 1 aromatic heterocycles. The number of amides is 1. The molecule has 2 aliphatic heterocycles. The van der Waals surface area contributed by atoms with Crippen LogP contribution in [0.25, 0.3) is 0 Å². The van der Waals surface area contributed by atoms with Crippen molar-refractivity contribution in [1.82, 2.24) is 9.13 Å². The highest BCUT2D eigenvalue weighted by Gasteiger charge is 2.63. The van der Waals surface area contributed by atoms with Crippen LogP contribution in [0.15, 0.2) is 45.1 Å². The van der Waals surface area contributed by atoms with Gasteiger partial charge in [0, 0.05) is 43.3 Å². The minimum atomic E-state index is -2.07. The summed E-state index contributed by atoms with van der Waals surface area (Å²) in [7, 11) is 7.00. The van der Waals surface area contributed by atoms with E-state index in [4.69, 9.17) is 41.0 Å². The Bertz CT molecular complexity index is 2070. The van der Waals surface area contributed by atoms with E-state index in [0.29, 0.717) is 11.3 Å². The monoisotopic (exact) mass is 666 g/mol. The first-order chi connectivity index (χ1) is 22.3. The third kappa shape index (κ3) is 4.42. The third-order valence-corrected chi connectivity index (χ3v) is 9.32. The van der Waals surface area contributed by atoms with Gasteiger partial charge in [0.25, 0.3) is 11.5 Å². The highest BCUT2D eigenvalue weighted by Crippen LogP contribution is 2.56. The number of halogens is 1. The van der Waals surface area contributed by atoms with Crippen LogP contribution in [0.5, 0.6) is 28.7 Å². The number of hydrogen-bond donors (Lipinski definition) is 2. The van der Waals surface area contributed by atoms with Crippen molar-refractivity contribution in [2.24, 2.45) is 25.7 Å². The number of ketones is 2. The minimum Gasteiger partial charge on any atom is -0.496 e. The molecule has 3 aromatic rings. The maximum absolute atomic E-state index is 15.0. The summed E-state index contributed by atoms with van der Waals surface area (Å²) >= 11 is 6.61. The van der Waals surface area contributed by atoms with Gasteiger partial charge < -0.3 is 34.7 Å². The van der Waals surface area contributed by atoms with Gasteiger partial charge in [-0.1, -0.05) is 24.6 Å². The SMILES string of the molecule is COc1cc([C@H]2C3=C(C[C@@H](C)[C@]4(Oc5c(Cl)c(OC)cc(OC)c5C4=O)C3=O)Nc3c2c(=O)n(C)c(=O)n3C)ccc1OCC(N)=O. The number of hydrogen-bond acceptors (Lipinski definition) is 11. The molecule has 0 fully saturated rings. The summed E-state index contributed by atoms with van der Waals surface area (Å²) < 4.78 is 30.5. The Balaban J connectivity index is 1.59. The standard InChI is InChI=1S/C32H31ClN4O10/c1-13-9-15-22(27(39)32(13)28(40)23-18(44-5)11-19(45-6)25(33)26(23)47-32)21(24-29(35-15)36(2)31(42)37(3)30(24)41)14-7-8-16(17(10-14)43-4)46-12-20(34)38/h7-8,10-11,13,21,35H,9,12H2,1-6H3,(H2,34,38)/t13-,21+,32+/m1/s1. The predicted molar refractivity (Wildman–Crippen MR) is 168 cm³/mol. The number of ether oxygens (including phenoxy) is 5. The normalized spacial score (nSPS) is 21.0. The number of Topliss-reactive ketones (excluding diaryl/α,β-unsaturated/α-hetero) is 2. The molecule has 0 unspecified atom stereocenters. The number of nitrogens with two attached hydrogens (primary N) is 1. The van der Waals surface area contributed by atoms with Gasteiger partial charge in [-0.25, -0.2) is 4.79 Å². The molecule has 3 aliphatic rings. The Morgan fingerprint density at radius 3 is 2.32 bits per heavy atom. The van der Waals surface area contributed by atoms with Gasteiger partial charge in [-0.05, 0) is 24.1 Å². The molecule has 1 spiro atoms. The number of carbonyl (C=O) groups excluding carboxylic acids is 3. The Kier molecular flexibility index (Phi) is 7.58. The lowest BCUT2D eigenvalue weighted by molar-refractivity contribution is -0.130. The van der Waals surface area contributed by atoms with Gasteiger partial charge in [-0.3, -0.25) is 28.3 Å². The summed E-state index contributed by atoms with van der Waals surface area (Å²) in [5.41, 5.74) is 2.92. The zero-order valence-corrected chi connectivity index (χ0v) is 27.1. The lowest BCUT2D eigenvalue weighted by atomic mass is 9.66. The molecule has 6 rings (SSSR count). The molecular weight excluding hydrogens is 636 g/mol. The number of nitrogens with one attached hydrogen (secondary N) is 1. The molecule has 3 N–H and O–H groups in total. The van der Waals surface area contributed by atoms with Gasteiger partial charge in [0.05, 0.1) is 26.9 Å². The molecule has 3 heterocycles. The van der Waals surface area contributed by atoms with Crippen LogP contribution in [-0.4, -0.2) is 60.1 Å². The lowest BCUT2D eigenvalue weighted by Crippen LogP contribution is -2.58. The Morgan fingerprint density at radius 1 is 1.00 bits per heavy atom. The van der Waals surface area contributed by atoms with Crippen LogP contribution in [0.3, 0.4) is 0 Å². The van der Waals surface area contributed by atoms with Gasteiger partial charge in [0.2, 0.25) is 17.2 Å². The fraction of sp³-hybridized carbons (Fsp3) is 0.344. The van der Waals surface area contributed by atoms with Crippen molar-refractivity contribution in [3.05, 3.63) is 78.1 Å². The molecule has 1 aliphatic carbocycles. The fourth-order valence-corrected chi connectivity index (χ4v) is 6.92. The molecule has 246 valence electrons. The molecule has 3 atom stereocenters. The molecule has 15 heteroatoms. The summed E-state index contributed by atoms with van der Waals surface area (Å²) in [6.07, 6.45) is 0.119. The van der Waals surface area contributed by atoms with Crippen molar-refractivity contribution in [2.75, 3.05) is 33.3 Å². The number of carbonyl (C=O) groups is 3. The van der Waals surface area contributed by atoms with E-state index in [1.807, 2.05) is 0 Å². The Labute approximate surface area is 272 Å². The van der Waals surface area contributed by atoms with Crippen molar-refractivity contribution in [3.63, 3.8) is 0 Å². The molecule has 0 saturated heterocycles. The van der Waals surface area contributed by atoms with Crippen molar-refractivity contribution in [3.8, 4) is 28.7 Å². The van der Waals surface area contributed by atoms with Gasteiger partial charge in [-0.2, -0.15) is 0 Å². The summed E-state index contributed by atoms with van der Waals surface area (Å²) in [5.74, 6) is -3.07. The highest BCUT2D eigenvalue weighted by molar-refractivity contribution is 6.36. The average Bonchev–Trinajstić information content (AvgIpc) is 3.38. The lowest BCUT2D eigenvalue weighted by Gasteiger charge is -2.42. The van der Waals surface area contributed by atoms with Crippen LogP contribution in [0.4, 0.5) is 5.82 Å². The largest absolute Gasteiger partial charge is 0.496 e. The van der Waals surface area contributed by atoms with Crippen LogP contribution >= 0.6 is 11.6 Å². The highest BCUT2D eigenvalue weighted by atomic mass is 35.5. The van der Waals surface area contributed by atoms with E-state index < -0.39 is 52.8 Å². The molecule has 0 radical (unpaired) electrons. The molecule has 0 saturated carbocycles. The smallest absolute Gasteiger partial charge is 0.332 e. The van der Waals surface area contributed by atoms with Crippen LogP contribution in [0, 0.1) is 5.92 Å². The van der Waals surface area contributed by atoms with Crippen LogP contribution in [0.1, 0.15) is 40.7 Å². The van der Waals surface area contributed by atoms with E-state index in [0.717, 1.165) is 4.57 Å². The summed E-state index contributed by atoms with van der Waals surface area (Å²) in [5, 5.41) is 3.16. The van der Waals surface area contributed by atoms with Crippen molar-refractivity contribution < 1.29 is 38.1 Å². The zero-order valence-electron chi connectivity index (χ0n) is 26.3. The first-order valence-electron chi connectivity index (χ1n) is 14.4. The second-order valence-electron chi connectivity index (χ2n) is 11.5. The van der Waals surface area contributed by atoms with E-state index in [1.165, 1.54) is 52.1 Å². The van der Waals surface area contributed by atoms with Crippen LogP contribution < -0.4 is 46.0 Å². The minimum absolute atomic E-state index is 0.000740. The van der Waals surface area contributed by atoms with Crippen molar-refractivity contribution >= 4 is 34.9 Å². The number of rotatable bonds is 7. The zero-order chi connectivity index (χ0) is 34.1. The van der Waals surface area contributed by atoms with E-state index in [-0.39, 0.29) is 62.7 Å². The maximum atomic E-state index is 15.0. The van der Waals surface area contributed by atoms with Gasteiger partial charge in [-0.15, -0.1) is 0 Å². The molecule has 1 amide bonds. The number of fused-ring (bicyclic) bond motifs is 2. The van der Waals surface area contributed by atoms with Crippen LogP contribution in [0.2, 0.25) is 5.02 Å². The summed E-state index contributed by atoms with van der Waals surface area (Å²) in [6.45, 7) is 1.28. The third-order valence-electron chi connectivity index (χ3n) is 8.97. The van der Waals surface area contributed by atoms with E-state index in [9.17, 15) is 19.2 Å². The van der Waals surface area contributed by atoms with Gasteiger partial charge in [0.1, 0.15) is 27.9 Å². The maximum Gasteiger partial charge on any atom is 0.332 e. The van der Waals surface area contributed by atoms with E-state index in [2.05, 4.69) is 5.32 Å². The van der Waals surface area contributed by atoms with Crippen LogP contribution in [-0.2, 0) is 23.7 Å². The molecule has 2 aromatic carbocycles. The fourth-order valence-electron chi connectivity index (χ4n) is 6.65. The predicted octanol–water partition coefficient (Wildman–Crippen LogP) is 2.06. The number of methoxy groups -OCH3 is 3.